The monoisotopic (exact) mass is 271 g/mol. The fraction of sp³-hybridized carbons (Fsp3) is 0.545. The molecule has 2 unspecified atom stereocenters. The molecule has 0 amide bonds. The van der Waals surface area contributed by atoms with E-state index in [2.05, 4.69) is 9.71 Å². The van der Waals surface area contributed by atoms with Crippen LogP contribution in [0.1, 0.15) is 25.7 Å². The van der Waals surface area contributed by atoms with Crippen LogP contribution in [0.25, 0.3) is 0 Å². The van der Waals surface area contributed by atoms with Crippen molar-refractivity contribution in [3.05, 3.63) is 18.3 Å². The van der Waals surface area contributed by atoms with Gasteiger partial charge in [0.05, 0.1) is 6.10 Å². The fourth-order valence-electron chi connectivity index (χ4n) is 2.07. The molecule has 0 radical (unpaired) electrons. The number of nitrogens with one attached hydrogen (secondary N) is 1. The molecule has 4 N–H and O–H groups in total. The first-order chi connectivity index (χ1) is 8.49. The van der Waals surface area contributed by atoms with E-state index in [0.717, 1.165) is 12.8 Å². The maximum absolute atomic E-state index is 12.1. The molecule has 1 fully saturated rings. The van der Waals surface area contributed by atoms with Gasteiger partial charge in [0.25, 0.3) is 0 Å². The lowest BCUT2D eigenvalue weighted by molar-refractivity contribution is 0.101. The quantitative estimate of drug-likeness (QED) is 0.730. The van der Waals surface area contributed by atoms with E-state index in [0.29, 0.717) is 12.8 Å². The van der Waals surface area contributed by atoms with Crippen LogP contribution in [0.5, 0.6) is 0 Å². The lowest BCUT2D eigenvalue weighted by Gasteiger charge is -2.27. The normalized spacial score (nSPS) is 24.9. The molecule has 0 aliphatic heterocycles. The topological polar surface area (TPSA) is 105 Å². The molecule has 0 saturated heterocycles. The van der Waals surface area contributed by atoms with E-state index in [-0.39, 0.29) is 10.7 Å². The maximum atomic E-state index is 12.1. The highest BCUT2D eigenvalue weighted by atomic mass is 32.2. The van der Waals surface area contributed by atoms with Crippen molar-refractivity contribution in [1.29, 1.82) is 0 Å². The predicted molar refractivity (Wildman–Crippen MR) is 67.2 cm³/mol. The SMILES string of the molecule is Nc1ccc(S(=O)(=O)NC2CCCCC2O)cn1. The van der Waals surface area contributed by atoms with Gasteiger partial charge in [0, 0.05) is 12.2 Å². The van der Waals surface area contributed by atoms with Gasteiger partial charge in [0.2, 0.25) is 10.0 Å². The fourth-order valence-corrected chi connectivity index (χ4v) is 3.32. The number of nitrogens with zero attached hydrogens (tertiary/aromatic N) is 1. The van der Waals surface area contributed by atoms with E-state index in [4.69, 9.17) is 5.73 Å². The van der Waals surface area contributed by atoms with Gasteiger partial charge in [-0.05, 0) is 25.0 Å². The van der Waals surface area contributed by atoms with Crippen LogP contribution in [-0.4, -0.2) is 30.7 Å². The van der Waals surface area contributed by atoms with Gasteiger partial charge < -0.3 is 10.8 Å². The number of aliphatic hydroxyl groups excluding tert-OH is 1. The molecular weight excluding hydrogens is 254 g/mol. The second-order valence-electron chi connectivity index (χ2n) is 4.50. The number of sulfonamides is 1. The van der Waals surface area contributed by atoms with Crippen molar-refractivity contribution in [2.24, 2.45) is 0 Å². The summed E-state index contributed by atoms with van der Waals surface area (Å²) in [6.07, 6.45) is 3.74. The van der Waals surface area contributed by atoms with Crippen LogP contribution in [-0.2, 0) is 10.0 Å². The third-order valence-electron chi connectivity index (χ3n) is 3.11. The molecule has 7 heteroatoms. The Kier molecular flexibility index (Phi) is 3.84. The minimum Gasteiger partial charge on any atom is -0.391 e. The van der Waals surface area contributed by atoms with Gasteiger partial charge in [0.1, 0.15) is 10.7 Å². The third-order valence-corrected chi connectivity index (χ3v) is 4.58. The molecule has 1 aliphatic carbocycles. The first kappa shape index (κ1) is 13.3. The van der Waals surface area contributed by atoms with E-state index >= 15 is 0 Å². The summed E-state index contributed by atoms with van der Waals surface area (Å²) in [5.41, 5.74) is 5.41. The summed E-state index contributed by atoms with van der Waals surface area (Å²) in [6.45, 7) is 0. The number of rotatable bonds is 3. The largest absolute Gasteiger partial charge is 0.391 e. The zero-order valence-electron chi connectivity index (χ0n) is 9.91. The van der Waals surface area contributed by atoms with Crippen molar-refractivity contribution >= 4 is 15.8 Å². The molecule has 6 nitrogen and oxygen atoms in total. The number of nitrogens with two attached hydrogens (primary N) is 1. The van der Waals surface area contributed by atoms with E-state index in [9.17, 15) is 13.5 Å². The van der Waals surface area contributed by atoms with Gasteiger partial charge in [-0.25, -0.2) is 18.1 Å². The third kappa shape index (κ3) is 2.98. The Labute approximate surface area is 106 Å². The minimum absolute atomic E-state index is 0.0643. The number of aliphatic hydroxyl groups is 1. The van der Waals surface area contributed by atoms with Crippen LogP contribution in [0.15, 0.2) is 23.2 Å². The summed E-state index contributed by atoms with van der Waals surface area (Å²) in [6, 6.07) is 2.42. The zero-order chi connectivity index (χ0) is 13.2. The summed E-state index contributed by atoms with van der Waals surface area (Å²) in [4.78, 5) is 3.82. The predicted octanol–water partition coefficient (Wildman–Crippen LogP) is 0.246. The van der Waals surface area contributed by atoms with Gasteiger partial charge >= 0.3 is 0 Å². The van der Waals surface area contributed by atoms with E-state index in [1.807, 2.05) is 0 Å². The van der Waals surface area contributed by atoms with Crippen LogP contribution in [0.3, 0.4) is 0 Å². The molecule has 0 bridgehead atoms. The zero-order valence-corrected chi connectivity index (χ0v) is 10.7. The molecule has 1 aromatic rings. The van der Waals surface area contributed by atoms with Crippen LogP contribution in [0.4, 0.5) is 5.82 Å². The second kappa shape index (κ2) is 5.21. The second-order valence-corrected chi connectivity index (χ2v) is 6.21. The average molecular weight is 271 g/mol. The first-order valence-electron chi connectivity index (χ1n) is 5.91. The van der Waals surface area contributed by atoms with Crippen molar-refractivity contribution in [3.63, 3.8) is 0 Å². The summed E-state index contributed by atoms with van der Waals surface area (Å²) in [7, 11) is -3.64. The summed E-state index contributed by atoms with van der Waals surface area (Å²) >= 11 is 0. The standard InChI is InChI=1S/C11H17N3O3S/c12-11-6-5-8(7-13-11)18(16,17)14-9-3-1-2-4-10(9)15/h5-7,9-10,14-15H,1-4H2,(H2,12,13). The maximum Gasteiger partial charge on any atom is 0.242 e. The van der Waals surface area contributed by atoms with Crippen molar-refractivity contribution in [2.45, 2.75) is 42.7 Å². The average Bonchev–Trinajstić information content (AvgIpc) is 2.32. The van der Waals surface area contributed by atoms with Gasteiger partial charge in [0.15, 0.2) is 0 Å². The van der Waals surface area contributed by atoms with Crippen LogP contribution in [0, 0.1) is 0 Å². The van der Waals surface area contributed by atoms with E-state index < -0.39 is 22.2 Å². The van der Waals surface area contributed by atoms with Gasteiger partial charge in [-0.2, -0.15) is 0 Å². The lowest BCUT2D eigenvalue weighted by atomic mass is 9.93. The smallest absolute Gasteiger partial charge is 0.242 e. The van der Waals surface area contributed by atoms with Crippen molar-refractivity contribution in [1.82, 2.24) is 9.71 Å². The Morgan fingerprint density at radius 2 is 2.06 bits per heavy atom. The van der Waals surface area contributed by atoms with E-state index in [1.165, 1.54) is 18.3 Å². The van der Waals surface area contributed by atoms with Crippen LogP contribution in [0.2, 0.25) is 0 Å². The molecule has 1 heterocycles. The molecule has 0 spiro atoms. The molecule has 1 aromatic heterocycles. The number of pyridine rings is 1. The Balaban J connectivity index is 2.13. The van der Waals surface area contributed by atoms with Crippen LogP contribution < -0.4 is 10.5 Å². The van der Waals surface area contributed by atoms with Crippen molar-refractivity contribution in [2.75, 3.05) is 5.73 Å². The molecular formula is C11H17N3O3S. The number of nitrogen functional groups attached to an aromatic ring is 1. The Morgan fingerprint density at radius 3 is 2.67 bits per heavy atom. The van der Waals surface area contributed by atoms with Crippen LogP contribution >= 0.6 is 0 Å². The van der Waals surface area contributed by atoms with Crippen molar-refractivity contribution in [3.8, 4) is 0 Å². The molecule has 1 saturated carbocycles. The van der Waals surface area contributed by atoms with Gasteiger partial charge in [-0.1, -0.05) is 12.8 Å². The molecule has 0 aromatic carbocycles. The van der Waals surface area contributed by atoms with Gasteiger partial charge in [-0.3, -0.25) is 0 Å². The number of hydrogen-bond acceptors (Lipinski definition) is 5. The molecule has 100 valence electrons. The summed E-state index contributed by atoms with van der Waals surface area (Å²) in [5.74, 6) is 0.270. The van der Waals surface area contributed by atoms with Gasteiger partial charge in [-0.15, -0.1) is 0 Å². The number of anilines is 1. The molecule has 1 aliphatic rings. The Hall–Kier alpha value is -1.18. The Bertz CT molecular complexity index is 501. The highest BCUT2D eigenvalue weighted by Crippen LogP contribution is 2.20. The highest BCUT2D eigenvalue weighted by Gasteiger charge is 2.28. The molecule has 18 heavy (non-hydrogen) atoms. The number of hydrogen-bond donors (Lipinski definition) is 3. The number of aromatic nitrogens is 1. The molecule has 2 atom stereocenters. The first-order valence-corrected chi connectivity index (χ1v) is 7.39. The summed E-state index contributed by atoms with van der Waals surface area (Å²) in [5, 5.41) is 9.76. The summed E-state index contributed by atoms with van der Waals surface area (Å²) < 4.78 is 26.6. The van der Waals surface area contributed by atoms with E-state index in [1.54, 1.807) is 0 Å². The van der Waals surface area contributed by atoms with Crippen molar-refractivity contribution < 1.29 is 13.5 Å². The Morgan fingerprint density at radius 1 is 1.33 bits per heavy atom. The highest BCUT2D eigenvalue weighted by molar-refractivity contribution is 7.89. The molecule has 2 rings (SSSR count). The lowest BCUT2D eigenvalue weighted by Crippen LogP contribution is -2.44. The minimum atomic E-state index is -3.64.